The van der Waals surface area contributed by atoms with Gasteiger partial charge in [0, 0.05) is 21.8 Å². The van der Waals surface area contributed by atoms with E-state index >= 15 is 0 Å². The van der Waals surface area contributed by atoms with Gasteiger partial charge in [0.1, 0.15) is 6.33 Å². The molecule has 0 spiro atoms. The van der Waals surface area contributed by atoms with Crippen LogP contribution in [-0.2, 0) is 0 Å². The average Bonchev–Trinajstić information content (AvgIpc) is 3.03. The Morgan fingerprint density at radius 1 is 0.917 bits per heavy atom. The number of rotatable bonds is 4. The molecule has 0 bridgehead atoms. The Labute approximate surface area is 142 Å². The third-order valence-corrected chi connectivity index (χ3v) is 3.58. The molecule has 2 aromatic carbocycles. The van der Waals surface area contributed by atoms with Crippen LogP contribution in [-0.4, -0.2) is 25.1 Å². The van der Waals surface area contributed by atoms with Crippen LogP contribution >= 0.6 is 11.6 Å². The minimum absolute atomic E-state index is 0.430. The van der Waals surface area contributed by atoms with Gasteiger partial charge in [-0.25, -0.2) is 9.97 Å². The molecule has 8 heteroatoms. The largest absolute Gasteiger partial charge is 0.324 e. The van der Waals surface area contributed by atoms with E-state index in [9.17, 15) is 0 Å². The van der Waals surface area contributed by atoms with E-state index in [-0.39, 0.29) is 0 Å². The summed E-state index contributed by atoms with van der Waals surface area (Å²) >= 11 is 5.97. The van der Waals surface area contributed by atoms with Gasteiger partial charge < -0.3 is 10.6 Å². The third kappa shape index (κ3) is 3.11. The van der Waals surface area contributed by atoms with Crippen molar-refractivity contribution >= 4 is 45.8 Å². The number of fused-ring (bicyclic) bond motifs is 1. The Kier molecular flexibility index (Phi) is 3.68. The minimum atomic E-state index is 0.430. The first-order valence-electron chi connectivity index (χ1n) is 7.18. The summed E-state index contributed by atoms with van der Waals surface area (Å²) in [5.74, 6) is 0.872. The lowest BCUT2D eigenvalue weighted by Crippen LogP contribution is -2.02. The average molecular weight is 338 g/mol. The highest BCUT2D eigenvalue weighted by Gasteiger charge is 2.04. The van der Waals surface area contributed by atoms with Gasteiger partial charge in [-0.15, -0.1) is 0 Å². The van der Waals surface area contributed by atoms with Crippen LogP contribution in [0.3, 0.4) is 0 Å². The Morgan fingerprint density at radius 3 is 2.50 bits per heavy atom. The minimum Gasteiger partial charge on any atom is -0.324 e. The van der Waals surface area contributed by atoms with Gasteiger partial charge in [-0.1, -0.05) is 17.7 Å². The van der Waals surface area contributed by atoms with Gasteiger partial charge in [-0.3, -0.25) is 5.10 Å². The van der Waals surface area contributed by atoms with Crippen molar-refractivity contribution in [2.45, 2.75) is 0 Å². The molecule has 0 unspecified atom stereocenters. The van der Waals surface area contributed by atoms with E-state index in [1.807, 2.05) is 30.3 Å². The second-order valence-electron chi connectivity index (χ2n) is 5.07. The number of nitrogens with one attached hydrogen (secondary N) is 3. The first-order chi connectivity index (χ1) is 11.8. The summed E-state index contributed by atoms with van der Waals surface area (Å²) in [6, 6.07) is 13.2. The maximum Gasteiger partial charge on any atom is 0.232 e. The van der Waals surface area contributed by atoms with E-state index in [1.165, 1.54) is 6.33 Å². The van der Waals surface area contributed by atoms with Crippen LogP contribution in [0.1, 0.15) is 0 Å². The quantitative estimate of drug-likeness (QED) is 0.523. The molecule has 4 aromatic rings. The monoisotopic (exact) mass is 337 g/mol. The van der Waals surface area contributed by atoms with E-state index in [0.717, 1.165) is 22.3 Å². The van der Waals surface area contributed by atoms with Gasteiger partial charge in [0.2, 0.25) is 11.9 Å². The summed E-state index contributed by atoms with van der Waals surface area (Å²) in [7, 11) is 0. The molecule has 0 atom stereocenters. The second-order valence-corrected chi connectivity index (χ2v) is 5.50. The van der Waals surface area contributed by atoms with Crippen LogP contribution < -0.4 is 10.6 Å². The summed E-state index contributed by atoms with van der Waals surface area (Å²) in [6.07, 6.45) is 3.21. The molecule has 0 aliphatic rings. The van der Waals surface area contributed by atoms with Gasteiger partial charge in [-0.2, -0.15) is 10.1 Å². The number of nitrogens with zero attached hydrogens (tertiary/aromatic N) is 4. The number of halogens is 1. The van der Waals surface area contributed by atoms with E-state index in [0.29, 0.717) is 16.9 Å². The topological polar surface area (TPSA) is 91.4 Å². The predicted octanol–water partition coefficient (Wildman–Crippen LogP) is 3.89. The van der Waals surface area contributed by atoms with E-state index in [2.05, 4.69) is 35.8 Å². The smallest absolute Gasteiger partial charge is 0.232 e. The summed E-state index contributed by atoms with van der Waals surface area (Å²) < 4.78 is 0. The van der Waals surface area contributed by atoms with Crippen LogP contribution in [0.2, 0.25) is 5.02 Å². The Hall–Kier alpha value is -3.19. The Balaban J connectivity index is 1.55. The van der Waals surface area contributed by atoms with Gasteiger partial charge in [-0.05, 0) is 36.4 Å². The van der Waals surface area contributed by atoms with Crippen molar-refractivity contribution in [2.75, 3.05) is 10.6 Å². The van der Waals surface area contributed by atoms with Crippen LogP contribution in [0.4, 0.5) is 23.3 Å². The molecule has 24 heavy (non-hydrogen) atoms. The number of hydrogen-bond donors (Lipinski definition) is 3. The van der Waals surface area contributed by atoms with Gasteiger partial charge in [0.05, 0.1) is 11.7 Å². The molecule has 118 valence electrons. The first-order valence-corrected chi connectivity index (χ1v) is 7.56. The molecule has 2 aromatic heterocycles. The van der Waals surface area contributed by atoms with Crippen molar-refractivity contribution in [1.29, 1.82) is 0 Å². The fraction of sp³-hybridized carbons (Fsp3) is 0. The maximum absolute atomic E-state index is 5.97. The molecule has 0 saturated carbocycles. The zero-order chi connectivity index (χ0) is 16.4. The highest BCUT2D eigenvalue weighted by molar-refractivity contribution is 6.30. The zero-order valence-corrected chi connectivity index (χ0v) is 13.1. The number of benzene rings is 2. The first kappa shape index (κ1) is 14.4. The number of H-pyrrole nitrogens is 1. The van der Waals surface area contributed by atoms with Crippen LogP contribution in [0.25, 0.3) is 10.9 Å². The van der Waals surface area contributed by atoms with Crippen molar-refractivity contribution in [3.8, 4) is 0 Å². The van der Waals surface area contributed by atoms with Gasteiger partial charge in [0.15, 0.2) is 0 Å². The molecular weight excluding hydrogens is 326 g/mol. The number of aromatic amines is 1. The Morgan fingerprint density at radius 2 is 1.71 bits per heavy atom. The molecule has 0 saturated heterocycles. The van der Waals surface area contributed by atoms with Crippen molar-refractivity contribution in [3.05, 3.63) is 60.0 Å². The number of hydrogen-bond acceptors (Lipinski definition) is 6. The van der Waals surface area contributed by atoms with Crippen LogP contribution in [0, 0.1) is 0 Å². The standard InChI is InChI=1S/C16H12ClN7/c17-11-2-1-3-12(7-11)21-15-18-9-19-16(23-15)22-13-4-5-14-10(6-13)8-20-24-14/h1-9H,(H,20,24)(H2,18,19,21,22,23). The van der Waals surface area contributed by atoms with Crippen molar-refractivity contribution in [2.24, 2.45) is 0 Å². The second kappa shape index (κ2) is 6.13. The summed E-state index contributed by atoms with van der Waals surface area (Å²) in [5, 5.41) is 14.8. The Bertz CT molecular complexity index is 998. The lowest BCUT2D eigenvalue weighted by molar-refractivity contribution is 1.06. The SMILES string of the molecule is Clc1cccc(Nc2ncnc(Nc3ccc4[nH]ncc4c3)n2)c1. The van der Waals surface area contributed by atoms with E-state index in [1.54, 1.807) is 18.3 Å². The van der Waals surface area contributed by atoms with Crippen LogP contribution in [0.5, 0.6) is 0 Å². The zero-order valence-electron chi connectivity index (χ0n) is 12.4. The molecule has 0 aliphatic heterocycles. The molecule has 0 fully saturated rings. The maximum atomic E-state index is 5.97. The molecule has 2 heterocycles. The van der Waals surface area contributed by atoms with Gasteiger partial charge >= 0.3 is 0 Å². The van der Waals surface area contributed by atoms with Gasteiger partial charge in [0.25, 0.3) is 0 Å². The summed E-state index contributed by atoms with van der Waals surface area (Å²) in [5.41, 5.74) is 2.64. The highest BCUT2D eigenvalue weighted by Crippen LogP contribution is 2.21. The van der Waals surface area contributed by atoms with Crippen molar-refractivity contribution in [3.63, 3.8) is 0 Å². The summed E-state index contributed by atoms with van der Waals surface area (Å²) in [4.78, 5) is 12.6. The van der Waals surface area contributed by atoms with E-state index < -0.39 is 0 Å². The molecule has 7 nitrogen and oxygen atoms in total. The molecule has 0 aliphatic carbocycles. The van der Waals surface area contributed by atoms with Crippen molar-refractivity contribution in [1.82, 2.24) is 25.1 Å². The highest BCUT2D eigenvalue weighted by atomic mass is 35.5. The lowest BCUT2D eigenvalue weighted by Gasteiger charge is -2.08. The lowest BCUT2D eigenvalue weighted by atomic mass is 10.2. The fourth-order valence-electron chi connectivity index (χ4n) is 2.26. The third-order valence-electron chi connectivity index (χ3n) is 3.35. The molecule has 0 radical (unpaired) electrons. The summed E-state index contributed by atoms with van der Waals surface area (Å²) in [6.45, 7) is 0. The number of aromatic nitrogens is 5. The van der Waals surface area contributed by atoms with Crippen molar-refractivity contribution < 1.29 is 0 Å². The van der Waals surface area contributed by atoms with Crippen LogP contribution in [0.15, 0.2) is 55.0 Å². The normalized spacial score (nSPS) is 10.7. The van der Waals surface area contributed by atoms with E-state index in [4.69, 9.17) is 11.6 Å². The fourth-order valence-corrected chi connectivity index (χ4v) is 2.45. The molecule has 4 rings (SSSR count). The molecule has 0 amide bonds. The number of anilines is 4. The predicted molar refractivity (Wildman–Crippen MR) is 93.9 cm³/mol. The molecular formula is C16H12ClN7. The molecule has 3 N–H and O–H groups in total.